The van der Waals surface area contributed by atoms with Crippen LogP contribution in [0.5, 0.6) is 11.5 Å². The maximum atomic E-state index is 12.1. The number of ether oxygens (including phenoxy) is 3. The maximum Gasteiger partial charge on any atom is 0.338 e. The molecule has 0 saturated carbocycles. The lowest BCUT2D eigenvalue weighted by Crippen LogP contribution is -2.13. The molecule has 0 atom stereocenters. The van der Waals surface area contributed by atoms with Crippen LogP contribution in [-0.2, 0) is 9.53 Å². The van der Waals surface area contributed by atoms with E-state index in [1.807, 2.05) is 13.0 Å². The first-order valence-electron chi connectivity index (χ1n) is 9.85. The highest BCUT2D eigenvalue weighted by molar-refractivity contribution is 5.93. The molecule has 0 aromatic heterocycles. The van der Waals surface area contributed by atoms with E-state index in [9.17, 15) is 9.59 Å². The van der Waals surface area contributed by atoms with Crippen LogP contribution in [0, 0.1) is 11.3 Å². The summed E-state index contributed by atoms with van der Waals surface area (Å²) in [5, 5.41) is 11.7. The molecular weight excluding hydrogens is 384 g/mol. The number of amides is 1. The third-order valence-corrected chi connectivity index (χ3v) is 4.23. The summed E-state index contributed by atoms with van der Waals surface area (Å²) < 4.78 is 16.0. The van der Waals surface area contributed by atoms with Gasteiger partial charge in [0.05, 0.1) is 37.5 Å². The van der Waals surface area contributed by atoms with Crippen LogP contribution in [0.2, 0.25) is 0 Å². The number of carbonyl (C=O) groups excluding carboxylic acids is 2. The Morgan fingerprint density at radius 2 is 1.80 bits per heavy atom. The molecule has 158 valence electrons. The van der Waals surface area contributed by atoms with Crippen molar-refractivity contribution in [1.29, 1.82) is 5.26 Å². The van der Waals surface area contributed by atoms with Gasteiger partial charge in [-0.3, -0.25) is 4.79 Å². The number of nitrogens with one attached hydrogen (secondary N) is 1. The van der Waals surface area contributed by atoms with Gasteiger partial charge in [-0.2, -0.15) is 5.26 Å². The van der Waals surface area contributed by atoms with E-state index in [-0.39, 0.29) is 18.3 Å². The lowest BCUT2D eigenvalue weighted by molar-refractivity contribution is -0.116. The van der Waals surface area contributed by atoms with Crippen LogP contribution in [0.15, 0.2) is 42.5 Å². The first-order valence-corrected chi connectivity index (χ1v) is 9.85. The molecule has 0 unspecified atom stereocenters. The molecule has 0 aliphatic heterocycles. The molecule has 7 heteroatoms. The largest absolute Gasteiger partial charge is 0.493 e. The van der Waals surface area contributed by atoms with Crippen molar-refractivity contribution < 1.29 is 23.8 Å². The molecule has 0 aliphatic rings. The van der Waals surface area contributed by atoms with Gasteiger partial charge in [-0.25, -0.2) is 4.79 Å². The molecule has 30 heavy (non-hydrogen) atoms. The van der Waals surface area contributed by atoms with Crippen molar-refractivity contribution in [3.8, 4) is 17.6 Å². The van der Waals surface area contributed by atoms with Gasteiger partial charge in [0.25, 0.3) is 0 Å². The highest BCUT2D eigenvalue weighted by Crippen LogP contribution is 2.28. The van der Waals surface area contributed by atoms with Crippen molar-refractivity contribution in [2.75, 3.05) is 25.6 Å². The minimum atomic E-state index is -0.364. The average Bonchev–Trinajstić information content (AvgIpc) is 2.77. The van der Waals surface area contributed by atoms with Crippen LogP contribution in [0.4, 0.5) is 5.69 Å². The van der Waals surface area contributed by atoms with Crippen molar-refractivity contribution in [2.24, 2.45) is 0 Å². The van der Waals surface area contributed by atoms with E-state index >= 15 is 0 Å². The summed E-state index contributed by atoms with van der Waals surface area (Å²) in [6, 6.07) is 13.6. The minimum absolute atomic E-state index is 0.149. The van der Waals surface area contributed by atoms with E-state index in [2.05, 4.69) is 5.32 Å². The number of nitriles is 1. The summed E-state index contributed by atoms with van der Waals surface area (Å²) in [5.74, 6) is 0.491. The standard InChI is InChI=1S/C23H26N2O5/c1-3-4-13-30-23(27)18-8-10-19(11-9-18)25-22(26)6-5-14-29-20-12-7-17(16-24)15-21(20)28-2/h7-12,15H,3-6,13-14H2,1-2H3,(H,25,26). The monoisotopic (exact) mass is 410 g/mol. The van der Waals surface area contributed by atoms with Crippen molar-refractivity contribution in [1.82, 2.24) is 0 Å². The van der Waals surface area contributed by atoms with Gasteiger partial charge < -0.3 is 19.5 Å². The predicted octanol–water partition coefficient (Wildman–Crippen LogP) is 4.32. The van der Waals surface area contributed by atoms with Gasteiger partial charge >= 0.3 is 5.97 Å². The molecule has 0 fully saturated rings. The lowest BCUT2D eigenvalue weighted by atomic mass is 10.2. The molecular formula is C23H26N2O5. The molecule has 7 nitrogen and oxygen atoms in total. The Balaban J connectivity index is 1.75. The fourth-order valence-corrected chi connectivity index (χ4v) is 2.58. The number of hydrogen-bond acceptors (Lipinski definition) is 6. The summed E-state index contributed by atoms with van der Waals surface area (Å²) in [4.78, 5) is 24.0. The number of methoxy groups -OCH3 is 1. The van der Waals surface area contributed by atoms with E-state index in [0.29, 0.717) is 47.9 Å². The number of benzene rings is 2. The number of carbonyl (C=O) groups is 2. The third kappa shape index (κ3) is 7.13. The summed E-state index contributed by atoms with van der Waals surface area (Å²) >= 11 is 0. The summed E-state index contributed by atoms with van der Waals surface area (Å²) in [7, 11) is 1.51. The normalized spacial score (nSPS) is 10.0. The van der Waals surface area contributed by atoms with Crippen LogP contribution in [-0.4, -0.2) is 32.2 Å². The second kappa shape index (κ2) is 12.1. The number of hydrogen-bond donors (Lipinski definition) is 1. The first-order chi connectivity index (χ1) is 14.6. The molecule has 0 spiro atoms. The third-order valence-electron chi connectivity index (χ3n) is 4.23. The Morgan fingerprint density at radius 3 is 2.47 bits per heavy atom. The van der Waals surface area contributed by atoms with E-state index < -0.39 is 0 Å². The van der Waals surface area contributed by atoms with Gasteiger partial charge in [0.2, 0.25) is 5.91 Å². The molecule has 1 N–H and O–H groups in total. The summed E-state index contributed by atoms with van der Waals surface area (Å²) in [6.07, 6.45) is 2.59. The van der Waals surface area contributed by atoms with E-state index in [4.69, 9.17) is 19.5 Å². The van der Waals surface area contributed by atoms with Crippen LogP contribution in [0.25, 0.3) is 0 Å². The molecule has 0 saturated heterocycles. The number of anilines is 1. The number of nitrogens with zero attached hydrogens (tertiary/aromatic N) is 1. The summed E-state index contributed by atoms with van der Waals surface area (Å²) in [6.45, 7) is 2.77. The number of rotatable bonds is 11. The Morgan fingerprint density at radius 1 is 1.03 bits per heavy atom. The first kappa shape index (κ1) is 22.8. The van der Waals surface area contributed by atoms with E-state index in [1.165, 1.54) is 7.11 Å². The quantitative estimate of drug-likeness (QED) is 0.438. The molecule has 2 rings (SSSR count). The maximum absolute atomic E-state index is 12.1. The molecule has 0 radical (unpaired) electrons. The SMILES string of the molecule is CCCCOC(=O)c1ccc(NC(=O)CCCOc2ccc(C#N)cc2OC)cc1. The smallest absolute Gasteiger partial charge is 0.338 e. The summed E-state index contributed by atoms with van der Waals surface area (Å²) in [5.41, 5.74) is 1.55. The van der Waals surface area contributed by atoms with Crippen molar-refractivity contribution in [3.63, 3.8) is 0 Å². The van der Waals surface area contributed by atoms with Crippen LogP contribution >= 0.6 is 0 Å². The van der Waals surface area contributed by atoms with Crippen molar-refractivity contribution >= 4 is 17.6 Å². The minimum Gasteiger partial charge on any atom is -0.493 e. The molecule has 2 aromatic rings. The van der Waals surface area contributed by atoms with Crippen LogP contribution in [0.3, 0.4) is 0 Å². The molecule has 0 heterocycles. The van der Waals surface area contributed by atoms with Gasteiger partial charge in [0, 0.05) is 18.2 Å². The van der Waals surface area contributed by atoms with Gasteiger partial charge in [0.15, 0.2) is 11.5 Å². The zero-order valence-corrected chi connectivity index (χ0v) is 17.3. The fourth-order valence-electron chi connectivity index (χ4n) is 2.58. The second-order valence-corrected chi connectivity index (χ2v) is 6.54. The van der Waals surface area contributed by atoms with Gasteiger partial charge in [0.1, 0.15) is 0 Å². The van der Waals surface area contributed by atoms with Crippen molar-refractivity contribution in [2.45, 2.75) is 32.6 Å². The molecule has 2 aromatic carbocycles. The Labute approximate surface area is 176 Å². The topological polar surface area (TPSA) is 97.6 Å². The molecule has 0 bridgehead atoms. The van der Waals surface area contributed by atoms with Crippen LogP contribution < -0.4 is 14.8 Å². The highest BCUT2D eigenvalue weighted by atomic mass is 16.5. The number of esters is 1. The van der Waals surface area contributed by atoms with Crippen LogP contribution in [0.1, 0.15) is 48.5 Å². The fraction of sp³-hybridized carbons (Fsp3) is 0.348. The number of unbranched alkanes of at least 4 members (excludes halogenated alkanes) is 1. The Kier molecular flexibility index (Phi) is 9.19. The Hall–Kier alpha value is -3.53. The van der Waals surface area contributed by atoms with Gasteiger partial charge in [-0.1, -0.05) is 13.3 Å². The molecule has 1 amide bonds. The van der Waals surface area contributed by atoms with E-state index in [0.717, 1.165) is 12.8 Å². The lowest BCUT2D eigenvalue weighted by Gasteiger charge is -2.11. The highest BCUT2D eigenvalue weighted by Gasteiger charge is 2.09. The van der Waals surface area contributed by atoms with E-state index in [1.54, 1.807) is 42.5 Å². The second-order valence-electron chi connectivity index (χ2n) is 6.54. The molecule has 0 aliphatic carbocycles. The van der Waals surface area contributed by atoms with Gasteiger partial charge in [-0.15, -0.1) is 0 Å². The van der Waals surface area contributed by atoms with Crippen molar-refractivity contribution in [3.05, 3.63) is 53.6 Å². The Bertz CT molecular complexity index is 887. The zero-order valence-electron chi connectivity index (χ0n) is 17.3. The average molecular weight is 410 g/mol. The predicted molar refractivity (Wildman–Crippen MR) is 113 cm³/mol. The zero-order chi connectivity index (χ0) is 21.8. The van der Waals surface area contributed by atoms with Gasteiger partial charge in [-0.05, 0) is 49.2 Å².